The Morgan fingerprint density at radius 1 is 0.864 bits per heavy atom. The van der Waals surface area contributed by atoms with Gasteiger partial charge in [-0.05, 0) is 32.9 Å². The molecule has 7 amide bonds. The zero-order valence-corrected chi connectivity index (χ0v) is 37.0. The lowest BCUT2D eigenvalue weighted by Gasteiger charge is -2.20. The maximum Gasteiger partial charge on any atom is 0.289 e. The van der Waals surface area contributed by atoms with E-state index in [1.165, 1.54) is 42.9 Å². The first kappa shape index (κ1) is 45.9. The molecule has 3 atom stereocenters. The number of hydrogen-bond donors (Lipinski definition) is 8. The van der Waals surface area contributed by atoms with E-state index in [0.29, 0.717) is 10.0 Å². The molecule has 3 unspecified atom stereocenters. The van der Waals surface area contributed by atoms with Crippen LogP contribution < -0.4 is 37.6 Å². The number of rotatable bonds is 2. The van der Waals surface area contributed by atoms with Gasteiger partial charge < -0.3 is 51.6 Å². The molecule has 0 saturated heterocycles. The largest absolute Gasteiger partial charge is 0.443 e. The van der Waals surface area contributed by atoms with E-state index in [0.717, 1.165) is 46.5 Å². The van der Waals surface area contributed by atoms with Crippen LogP contribution in [-0.4, -0.2) is 88.5 Å². The third kappa shape index (κ3) is 10.2. The molecule has 7 rings (SSSR count). The van der Waals surface area contributed by atoms with Gasteiger partial charge in [0.05, 0.1) is 54.4 Å². The lowest BCUT2D eigenvalue weighted by atomic mass is 10.1. The van der Waals surface area contributed by atoms with Gasteiger partial charge >= 0.3 is 0 Å². The Labute approximate surface area is 383 Å². The number of pyridine rings is 1. The highest BCUT2D eigenvalue weighted by atomic mass is 32.1. The quantitative estimate of drug-likeness (QED) is 0.115. The van der Waals surface area contributed by atoms with Crippen LogP contribution in [0.4, 0.5) is 0 Å². The molecule has 0 aliphatic carbocycles. The number of nitrogens with two attached hydrogens (primary N) is 1. The summed E-state index contributed by atoms with van der Waals surface area (Å²) in [6, 6.07) is 0.615. The molecule has 7 heterocycles. The van der Waals surface area contributed by atoms with Gasteiger partial charge in [0.15, 0.2) is 0 Å². The number of primary amides is 1. The topological polar surface area (TPSA) is 342 Å². The van der Waals surface area contributed by atoms with Gasteiger partial charge in [0, 0.05) is 10.9 Å². The molecule has 6 aromatic rings. The van der Waals surface area contributed by atoms with Crippen LogP contribution in [0.1, 0.15) is 99.5 Å². The van der Waals surface area contributed by atoms with Crippen molar-refractivity contribution in [3.05, 3.63) is 116 Å². The van der Waals surface area contributed by atoms with E-state index in [4.69, 9.17) is 14.6 Å². The number of amides is 7. The van der Waals surface area contributed by atoms with Gasteiger partial charge in [0.2, 0.25) is 23.4 Å². The Balaban J connectivity index is 1.17. The first-order chi connectivity index (χ1) is 31.5. The van der Waals surface area contributed by atoms with Gasteiger partial charge in [-0.15, -0.1) is 34.0 Å². The van der Waals surface area contributed by atoms with Crippen LogP contribution in [0, 0.1) is 0 Å². The lowest BCUT2D eigenvalue weighted by molar-refractivity contribution is -0.124. The van der Waals surface area contributed by atoms with Crippen LogP contribution >= 0.6 is 34.0 Å². The Hall–Kier alpha value is -8.07. The molecule has 0 spiro atoms. The summed E-state index contributed by atoms with van der Waals surface area (Å²) in [5.41, 5.74) is 5.04. The molecule has 0 saturated carbocycles. The van der Waals surface area contributed by atoms with E-state index in [1.54, 1.807) is 13.8 Å². The maximum absolute atomic E-state index is 13.5. The van der Waals surface area contributed by atoms with Gasteiger partial charge in [-0.3, -0.25) is 33.6 Å². The zero-order valence-electron chi connectivity index (χ0n) is 34.6. The Morgan fingerprint density at radius 2 is 1.61 bits per heavy atom. The smallest absolute Gasteiger partial charge is 0.289 e. The van der Waals surface area contributed by atoms with E-state index in [1.807, 2.05) is 0 Å². The third-order valence-corrected chi connectivity index (χ3v) is 12.2. The summed E-state index contributed by atoms with van der Waals surface area (Å²) in [6.07, 6.45) is 4.90. The molecule has 10 bridgehead atoms. The average molecular weight is 954 g/mol. The van der Waals surface area contributed by atoms with Crippen LogP contribution in [0.2, 0.25) is 0 Å². The minimum Gasteiger partial charge on any atom is -0.443 e. The Kier molecular flexibility index (Phi) is 13.5. The maximum atomic E-state index is 13.5. The minimum absolute atomic E-state index is 0.0107. The number of aliphatic hydroxyl groups is 1. The van der Waals surface area contributed by atoms with Gasteiger partial charge in [0.25, 0.3) is 35.4 Å². The molecule has 0 radical (unpaired) electrons. The van der Waals surface area contributed by atoms with Crippen molar-refractivity contribution >= 4 is 86.8 Å². The van der Waals surface area contributed by atoms with Crippen molar-refractivity contribution in [2.24, 2.45) is 5.73 Å². The summed E-state index contributed by atoms with van der Waals surface area (Å²) in [5, 5.41) is 28.2. The molecule has 1 aliphatic heterocycles. The molecule has 9 N–H and O–H groups in total. The van der Waals surface area contributed by atoms with Crippen LogP contribution in [0.5, 0.6) is 0 Å². The van der Waals surface area contributed by atoms with Gasteiger partial charge in [0.1, 0.15) is 59.9 Å². The van der Waals surface area contributed by atoms with E-state index < -0.39 is 59.5 Å². The molecule has 1 aliphatic rings. The fourth-order valence-corrected chi connectivity index (χ4v) is 8.16. The number of thiazole rings is 3. The number of carbonyl (C=O) groups excluding carboxylic acids is 7. The average Bonchev–Trinajstić information content (AvgIpc) is 4.15. The Morgan fingerprint density at radius 3 is 2.35 bits per heavy atom. The van der Waals surface area contributed by atoms with Crippen molar-refractivity contribution in [1.82, 2.24) is 61.8 Å². The number of hydrogen-bond acceptors (Lipinski definition) is 19. The van der Waals surface area contributed by atoms with E-state index in [-0.39, 0.29) is 84.3 Å². The SMILES string of the molecule is C=C1NC(=O)c2cnc(s2)C(C)NC(=O)c2cnc(s2)CNC(=O)c2cnc(o2)/C(=C/C)NC(=O)C(C(C)O)NC(=O)c2csc(n2)-c2ccc(C(N)=O)nc2-c2coc(n2)C(=C)NC1=O. The van der Waals surface area contributed by atoms with Gasteiger partial charge in [-0.25, -0.2) is 29.9 Å². The number of fused-ring (bicyclic) bond motifs is 13. The molecular formula is C40H35N13O10S3. The second-order valence-electron chi connectivity index (χ2n) is 13.9. The molecule has 0 fully saturated rings. The summed E-state index contributed by atoms with van der Waals surface area (Å²) in [5.74, 6) is -5.94. The van der Waals surface area contributed by atoms with Crippen molar-refractivity contribution < 1.29 is 47.5 Å². The number of aromatic nitrogens is 6. The predicted octanol–water partition coefficient (Wildman–Crippen LogP) is 2.28. The highest BCUT2D eigenvalue weighted by molar-refractivity contribution is 7.14. The Bertz CT molecular complexity index is 3000. The highest BCUT2D eigenvalue weighted by Crippen LogP contribution is 2.33. The van der Waals surface area contributed by atoms with Gasteiger partial charge in [-0.2, -0.15) is 0 Å². The van der Waals surface area contributed by atoms with Crippen molar-refractivity contribution in [3.63, 3.8) is 0 Å². The van der Waals surface area contributed by atoms with E-state index in [9.17, 15) is 38.7 Å². The molecule has 66 heavy (non-hydrogen) atoms. The fraction of sp³-hybridized carbons (Fsp3) is 0.175. The molecule has 6 aromatic heterocycles. The number of allylic oxidation sites excluding steroid dienone is 1. The predicted molar refractivity (Wildman–Crippen MR) is 236 cm³/mol. The van der Waals surface area contributed by atoms with Crippen molar-refractivity contribution in [2.75, 3.05) is 0 Å². The number of carbonyl (C=O) groups is 7. The van der Waals surface area contributed by atoms with Crippen molar-refractivity contribution in [3.8, 4) is 22.0 Å². The summed E-state index contributed by atoms with van der Waals surface area (Å²) >= 11 is 2.97. The first-order valence-electron chi connectivity index (χ1n) is 19.1. The summed E-state index contributed by atoms with van der Waals surface area (Å²) < 4.78 is 11.2. The standard InChI is InChI=1S/C40H35N13O10S3/c1-6-20-38-44-9-24(63-38)33(58)43-12-27-42-10-25(65-27)34(59)48-17(4)39-45-11-26(66-39)35(60)46-15(2)31(56)47-16(3)37-51-22(13-62-37)29-19(7-8-21(49-29)30(41)55)40-52-23(14-64-40)32(57)53-28(18(5)54)36(61)50-20/h6-11,13-14,17-18,28,54H,2-3,12H2,1,4-5H3,(H2,41,55)(H,43,58)(H,46,60)(H,47,56)(H,48,59)(H,50,61)(H,53,57)/b20-6-. The summed E-state index contributed by atoms with van der Waals surface area (Å²) in [6.45, 7) is 11.8. The number of nitrogens with one attached hydrogen (secondary N) is 6. The molecular weight excluding hydrogens is 919 g/mol. The normalized spacial score (nSPS) is 18.1. The molecule has 338 valence electrons. The van der Waals surface area contributed by atoms with E-state index in [2.05, 4.69) is 75.0 Å². The summed E-state index contributed by atoms with van der Waals surface area (Å²) in [7, 11) is 0. The van der Waals surface area contributed by atoms with Gasteiger partial charge in [-0.1, -0.05) is 19.2 Å². The minimum atomic E-state index is -1.53. The number of aliphatic hydroxyl groups excluding tert-OH is 1. The monoisotopic (exact) mass is 953 g/mol. The van der Waals surface area contributed by atoms with Crippen LogP contribution in [-0.2, 0) is 16.1 Å². The first-order valence-corrected chi connectivity index (χ1v) is 21.7. The third-order valence-electron chi connectivity index (χ3n) is 9.12. The second-order valence-corrected chi connectivity index (χ2v) is 16.9. The summed E-state index contributed by atoms with van der Waals surface area (Å²) in [4.78, 5) is 118. The molecule has 0 aromatic carbocycles. The van der Waals surface area contributed by atoms with Crippen molar-refractivity contribution in [2.45, 2.75) is 45.5 Å². The second kappa shape index (κ2) is 19.4. The number of nitrogens with zero attached hydrogens (tertiary/aromatic N) is 6. The van der Waals surface area contributed by atoms with Crippen LogP contribution in [0.25, 0.3) is 33.4 Å². The number of oxazole rings is 2. The molecule has 23 nitrogen and oxygen atoms in total. The van der Waals surface area contributed by atoms with Crippen LogP contribution in [0.3, 0.4) is 0 Å². The van der Waals surface area contributed by atoms with Crippen molar-refractivity contribution in [1.29, 1.82) is 0 Å². The van der Waals surface area contributed by atoms with Crippen LogP contribution in [0.15, 0.2) is 76.1 Å². The lowest BCUT2D eigenvalue weighted by Crippen LogP contribution is -2.52. The zero-order chi connectivity index (χ0) is 47.4. The molecule has 26 heteroatoms. The van der Waals surface area contributed by atoms with E-state index >= 15 is 0 Å². The fourth-order valence-electron chi connectivity index (χ4n) is 5.75. The highest BCUT2D eigenvalue weighted by Gasteiger charge is 2.30.